The van der Waals surface area contributed by atoms with Gasteiger partial charge in [-0.3, -0.25) is 0 Å². The zero-order chi connectivity index (χ0) is 9.84. The molecular weight excluding hydrogens is 182 g/mol. The lowest BCUT2D eigenvalue weighted by Gasteiger charge is -2.15. The molecule has 0 bridgehead atoms. The van der Waals surface area contributed by atoms with Gasteiger partial charge in [-0.2, -0.15) is 0 Å². The lowest BCUT2D eigenvalue weighted by atomic mass is 9.94. The second-order valence-corrected chi connectivity index (χ2v) is 4.50. The largest absolute Gasteiger partial charge is 0.396 e. The van der Waals surface area contributed by atoms with Gasteiger partial charge in [0.2, 0.25) is 0 Å². The third kappa shape index (κ3) is 2.51. The number of thiazole rings is 1. The SMILES string of the molecule is CCc1nc(C(CO)C(C)C)cs1. The van der Waals surface area contributed by atoms with Gasteiger partial charge in [-0.1, -0.05) is 20.8 Å². The maximum absolute atomic E-state index is 9.20. The average Bonchev–Trinajstić information content (AvgIpc) is 2.53. The molecule has 0 spiro atoms. The summed E-state index contributed by atoms with van der Waals surface area (Å²) < 4.78 is 0. The second-order valence-electron chi connectivity index (χ2n) is 3.55. The summed E-state index contributed by atoms with van der Waals surface area (Å²) >= 11 is 1.69. The van der Waals surface area contributed by atoms with Gasteiger partial charge in [0.05, 0.1) is 17.3 Å². The summed E-state index contributed by atoms with van der Waals surface area (Å²) in [5, 5.41) is 12.4. The average molecular weight is 199 g/mol. The van der Waals surface area contributed by atoms with Crippen LogP contribution in [-0.4, -0.2) is 16.7 Å². The van der Waals surface area contributed by atoms with Gasteiger partial charge in [0, 0.05) is 11.3 Å². The monoisotopic (exact) mass is 199 g/mol. The van der Waals surface area contributed by atoms with Crippen molar-refractivity contribution in [2.45, 2.75) is 33.1 Å². The van der Waals surface area contributed by atoms with Gasteiger partial charge in [0.1, 0.15) is 0 Å². The Morgan fingerprint density at radius 3 is 2.62 bits per heavy atom. The van der Waals surface area contributed by atoms with E-state index in [-0.39, 0.29) is 12.5 Å². The zero-order valence-corrected chi connectivity index (χ0v) is 9.27. The highest BCUT2D eigenvalue weighted by Crippen LogP contribution is 2.25. The maximum atomic E-state index is 9.20. The molecule has 0 aromatic carbocycles. The van der Waals surface area contributed by atoms with Crippen LogP contribution in [0.15, 0.2) is 5.38 Å². The molecule has 1 N–H and O–H groups in total. The zero-order valence-electron chi connectivity index (χ0n) is 8.45. The summed E-state index contributed by atoms with van der Waals surface area (Å²) in [6, 6.07) is 0. The number of aliphatic hydroxyl groups excluding tert-OH is 1. The van der Waals surface area contributed by atoms with Gasteiger partial charge < -0.3 is 5.11 Å². The first-order valence-corrected chi connectivity index (χ1v) is 5.62. The van der Waals surface area contributed by atoms with Crippen molar-refractivity contribution in [3.05, 3.63) is 16.1 Å². The predicted octanol–water partition coefficient (Wildman–Crippen LogP) is 2.44. The molecule has 1 heterocycles. The van der Waals surface area contributed by atoms with Crippen molar-refractivity contribution >= 4 is 11.3 Å². The topological polar surface area (TPSA) is 33.1 Å². The van der Waals surface area contributed by atoms with Crippen molar-refractivity contribution in [3.63, 3.8) is 0 Å². The molecule has 1 unspecified atom stereocenters. The third-order valence-electron chi connectivity index (χ3n) is 2.25. The van der Waals surface area contributed by atoms with E-state index < -0.39 is 0 Å². The lowest BCUT2D eigenvalue weighted by Crippen LogP contribution is -2.11. The number of nitrogens with zero attached hydrogens (tertiary/aromatic N) is 1. The molecule has 1 atom stereocenters. The third-order valence-corrected chi connectivity index (χ3v) is 3.26. The van der Waals surface area contributed by atoms with Crippen LogP contribution in [0.2, 0.25) is 0 Å². The maximum Gasteiger partial charge on any atom is 0.0925 e. The highest BCUT2D eigenvalue weighted by Gasteiger charge is 2.17. The molecule has 1 rings (SSSR count). The van der Waals surface area contributed by atoms with Crippen LogP contribution < -0.4 is 0 Å². The number of hydrogen-bond acceptors (Lipinski definition) is 3. The summed E-state index contributed by atoms with van der Waals surface area (Å²) in [7, 11) is 0. The van der Waals surface area contributed by atoms with E-state index >= 15 is 0 Å². The summed E-state index contributed by atoms with van der Waals surface area (Å²) in [5.74, 6) is 0.661. The fourth-order valence-electron chi connectivity index (χ4n) is 1.30. The fourth-order valence-corrected chi connectivity index (χ4v) is 2.11. The highest BCUT2D eigenvalue weighted by molar-refractivity contribution is 7.09. The number of rotatable bonds is 4. The van der Waals surface area contributed by atoms with Crippen LogP contribution in [0, 0.1) is 5.92 Å². The molecule has 0 saturated carbocycles. The Kier molecular flexibility index (Phi) is 3.88. The second kappa shape index (κ2) is 4.72. The summed E-state index contributed by atoms with van der Waals surface area (Å²) in [5.41, 5.74) is 1.05. The number of aryl methyl sites for hydroxylation is 1. The Bertz CT molecular complexity index is 257. The van der Waals surface area contributed by atoms with Crippen LogP contribution in [0.3, 0.4) is 0 Å². The molecule has 1 aromatic heterocycles. The van der Waals surface area contributed by atoms with E-state index in [9.17, 15) is 5.11 Å². The van der Waals surface area contributed by atoms with E-state index in [2.05, 4.69) is 31.1 Å². The Balaban J connectivity index is 2.79. The van der Waals surface area contributed by atoms with Crippen LogP contribution in [0.1, 0.15) is 37.4 Å². The molecule has 0 saturated heterocycles. The normalized spacial score (nSPS) is 13.6. The first kappa shape index (κ1) is 10.7. The number of aliphatic hydroxyl groups is 1. The molecule has 0 aliphatic rings. The lowest BCUT2D eigenvalue weighted by molar-refractivity contribution is 0.235. The molecule has 0 aliphatic carbocycles. The van der Waals surface area contributed by atoms with Gasteiger partial charge in [-0.25, -0.2) is 4.98 Å². The van der Waals surface area contributed by atoms with E-state index in [0.29, 0.717) is 5.92 Å². The van der Waals surface area contributed by atoms with Crippen molar-refractivity contribution in [2.24, 2.45) is 5.92 Å². The highest BCUT2D eigenvalue weighted by atomic mass is 32.1. The predicted molar refractivity (Wildman–Crippen MR) is 56.2 cm³/mol. The van der Waals surface area contributed by atoms with Crippen LogP contribution >= 0.6 is 11.3 Å². The van der Waals surface area contributed by atoms with Crippen LogP contribution in [0.25, 0.3) is 0 Å². The van der Waals surface area contributed by atoms with E-state index in [1.807, 2.05) is 0 Å². The van der Waals surface area contributed by atoms with Crippen LogP contribution in [0.4, 0.5) is 0 Å². The van der Waals surface area contributed by atoms with E-state index in [0.717, 1.165) is 17.1 Å². The van der Waals surface area contributed by atoms with Crippen molar-refractivity contribution in [1.29, 1.82) is 0 Å². The Morgan fingerprint density at radius 1 is 1.54 bits per heavy atom. The minimum atomic E-state index is 0.199. The number of hydrogen-bond donors (Lipinski definition) is 1. The molecule has 0 aliphatic heterocycles. The van der Waals surface area contributed by atoms with E-state index in [4.69, 9.17) is 0 Å². The molecular formula is C10H17NOS. The minimum Gasteiger partial charge on any atom is -0.396 e. The number of aromatic nitrogens is 1. The van der Waals surface area contributed by atoms with Crippen molar-refractivity contribution in [3.8, 4) is 0 Å². The van der Waals surface area contributed by atoms with Crippen molar-refractivity contribution in [2.75, 3.05) is 6.61 Å². The van der Waals surface area contributed by atoms with Gasteiger partial charge in [0.25, 0.3) is 0 Å². The summed E-state index contributed by atoms with van der Waals surface area (Å²) in [6.07, 6.45) is 0.987. The standard InChI is InChI=1S/C10H17NOS/c1-4-10-11-9(6-13-10)8(5-12)7(2)3/h6-8,12H,4-5H2,1-3H3. The summed E-state index contributed by atoms with van der Waals surface area (Å²) in [4.78, 5) is 4.48. The minimum absolute atomic E-state index is 0.199. The smallest absolute Gasteiger partial charge is 0.0925 e. The van der Waals surface area contributed by atoms with Gasteiger partial charge in [-0.05, 0) is 12.3 Å². The van der Waals surface area contributed by atoms with E-state index in [1.54, 1.807) is 11.3 Å². The first-order chi connectivity index (χ1) is 6.19. The fraction of sp³-hybridized carbons (Fsp3) is 0.700. The van der Waals surface area contributed by atoms with Gasteiger partial charge in [0.15, 0.2) is 0 Å². The van der Waals surface area contributed by atoms with Crippen molar-refractivity contribution in [1.82, 2.24) is 4.98 Å². The molecule has 13 heavy (non-hydrogen) atoms. The molecule has 1 aromatic rings. The molecule has 3 heteroatoms. The summed E-state index contributed by atoms with van der Waals surface area (Å²) in [6.45, 7) is 6.54. The first-order valence-electron chi connectivity index (χ1n) is 4.74. The molecule has 0 amide bonds. The van der Waals surface area contributed by atoms with E-state index in [1.165, 1.54) is 0 Å². The molecule has 0 fully saturated rings. The molecule has 2 nitrogen and oxygen atoms in total. The van der Waals surface area contributed by atoms with Crippen molar-refractivity contribution < 1.29 is 5.11 Å². The molecule has 74 valence electrons. The van der Waals surface area contributed by atoms with Crippen LogP contribution in [-0.2, 0) is 6.42 Å². The van der Waals surface area contributed by atoms with Crippen LogP contribution in [0.5, 0.6) is 0 Å². The Labute approximate surface area is 83.6 Å². The Hall–Kier alpha value is -0.410. The van der Waals surface area contributed by atoms with Gasteiger partial charge in [-0.15, -0.1) is 11.3 Å². The Morgan fingerprint density at radius 2 is 2.23 bits per heavy atom. The molecule has 0 radical (unpaired) electrons. The quantitative estimate of drug-likeness (QED) is 0.808. The van der Waals surface area contributed by atoms with Gasteiger partial charge >= 0.3 is 0 Å².